The van der Waals surface area contributed by atoms with Crippen LogP contribution in [0.5, 0.6) is 0 Å². The molecular weight excluding hydrogens is 328 g/mol. The maximum Gasteiger partial charge on any atom is 0.267 e. The Balaban J connectivity index is 2.09. The first-order chi connectivity index (χ1) is 11.5. The zero-order valence-corrected chi connectivity index (χ0v) is 13.2. The second kappa shape index (κ2) is 7.81. The molecule has 0 aliphatic rings. The van der Waals surface area contributed by atoms with Gasteiger partial charge in [0.1, 0.15) is 11.6 Å². The van der Waals surface area contributed by atoms with Crippen molar-refractivity contribution in [3.8, 4) is 6.07 Å². The summed E-state index contributed by atoms with van der Waals surface area (Å²) in [7, 11) is 0. The first kappa shape index (κ1) is 17.1. The largest absolute Gasteiger partial charge is 0.398 e. The molecule has 0 aromatic heterocycles. The zero-order chi connectivity index (χ0) is 17.5. The molecule has 7 heteroatoms. The second-order valence-electron chi connectivity index (χ2n) is 4.69. The first-order valence-corrected chi connectivity index (χ1v) is 7.21. The number of nitriles is 1. The van der Waals surface area contributed by atoms with Gasteiger partial charge in [0, 0.05) is 22.6 Å². The van der Waals surface area contributed by atoms with Crippen LogP contribution in [0.25, 0.3) is 0 Å². The number of anilines is 2. The van der Waals surface area contributed by atoms with Gasteiger partial charge in [0.05, 0.1) is 5.56 Å². The van der Waals surface area contributed by atoms with Crippen molar-refractivity contribution in [1.82, 2.24) is 5.32 Å². The van der Waals surface area contributed by atoms with Crippen LogP contribution in [0.2, 0.25) is 5.02 Å². The summed E-state index contributed by atoms with van der Waals surface area (Å²) in [5.74, 6) is -1.18. The summed E-state index contributed by atoms with van der Waals surface area (Å²) in [6.07, 6.45) is 1.04. The van der Waals surface area contributed by atoms with Gasteiger partial charge in [-0.15, -0.1) is 0 Å². The normalized spacial score (nSPS) is 10.6. The standard InChI is InChI=1S/C17H13ClN4O2/c18-12-4-3-5-13(8-12)22-16(23)11(9-19)10-21-17(24)14-6-1-2-7-15(14)20/h1-8,10H,20H2,(H,21,24)(H,22,23)/b11-10-. The van der Waals surface area contributed by atoms with Crippen molar-refractivity contribution in [3.63, 3.8) is 0 Å². The van der Waals surface area contributed by atoms with E-state index in [1.807, 2.05) is 0 Å². The average molecular weight is 341 g/mol. The molecule has 0 heterocycles. The minimum atomic E-state index is -0.666. The third-order valence-electron chi connectivity index (χ3n) is 3.00. The molecular formula is C17H13ClN4O2. The molecule has 0 bridgehead atoms. The third kappa shape index (κ3) is 4.35. The topological polar surface area (TPSA) is 108 Å². The Hall–Kier alpha value is -3.30. The van der Waals surface area contributed by atoms with Crippen molar-refractivity contribution < 1.29 is 9.59 Å². The fourth-order valence-corrected chi connectivity index (χ4v) is 2.02. The minimum absolute atomic E-state index is 0.251. The number of carbonyl (C=O) groups excluding carboxylic acids is 2. The molecule has 2 amide bonds. The van der Waals surface area contributed by atoms with Gasteiger partial charge >= 0.3 is 0 Å². The summed E-state index contributed by atoms with van der Waals surface area (Å²) in [6, 6.07) is 14.7. The monoisotopic (exact) mass is 340 g/mol. The fourth-order valence-electron chi connectivity index (χ4n) is 1.83. The number of carbonyl (C=O) groups is 2. The Morgan fingerprint density at radius 1 is 1.17 bits per heavy atom. The second-order valence-corrected chi connectivity index (χ2v) is 5.13. The molecule has 0 fully saturated rings. The predicted molar refractivity (Wildman–Crippen MR) is 92.1 cm³/mol. The van der Waals surface area contributed by atoms with E-state index in [1.165, 1.54) is 12.1 Å². The van der Waals surface area contributed by atoms with E-state index in [-0.39, 0.29) is 11.1 Å². The maximum absolute atomic E-state index is 12.0. The highest BCUT2D eigenvalue weighted by Gasteiger charge is 2.12. The Morgan fingerprint density at radius 2 is 1.92 bits per heavy atom. The lowest BCUT2D eigenvalue weighted by Crippen LogP contribution is -2.22. The number of amides is 2. The van der Waals surface area contributed by atoms with Crippen LogP contribution in [0.15, 0.2) is 60.3 Å². The summed E-state index contributed by atoms with van der Waals surface area (Å²) < 4.78 is 0. The number of nitrogen functional groups attached to an aromatic ring is 1. The molecule has 0 atom stereocenters. The quantitative estimate of drug-likeness (QED) is 0.451. The third-order valence-corrected chi connectivity index (χ3v) is 3.24. The minimum Gasteiger partial charge on any atom is -0.398 e. The summed E-state index contributed by atoms with van der Waals surface area (Å²) in [4.78, 5) is 24.1. The Labute approximate surface area is 143 Å². The first-order valence-electron chi connectivity index (χ1n) is 6.84. The number of nitrogens with two attached hydrogens (primary N) is 1. The Kier molecular flexibility index (Phi) is 5.55. The molecule has 2 rings (SSSR count). The molecule has 0 aliphatic carbocycles. The summed E-state index contributed by atoms with van der Waals surface area (Å²) in [5.41, 5.74) is 6.42. The molecule has 4 N–H and O–H groups in total. The highest BCUT2D eigenvalue weighted by Crippen LogP contribution is 2.15. The van der Waals surface area contributed by atoms with Gasteiger partial charge < -0.3 is 16.4 Å². The van der Waals surface area contributed by atoms with Crippen LogP contribution in [0.3, 0.4) is 0 Å². The lowest BCUT2D eigenvalue weighted by atomic mass is 10.1. The van der Waals surface area contributed by atoms with E-state index < -0.39 is 11.8 Å². The lowest BCUT2D eigenvalue weighted by Gasteiger charge is -2.06. The molecule has 0 aliphatic heterocycles. The Morgan fingerprint density at radius 3 is 2.58 bits per heavy atom. The smallest absolute Gasteiger partial charge is 0.267 e. The van der Waals surface area contributed by atoms with E-state index in [1.54, 1.807) is 42.5 Å². The molecule has 0 radical (unpaired) electrons. The van der Waals surface area contributed by atoms with Crippen molar-refractivity contribution in [1.29, 1.82) is 5.26 Å². The van der Waals surface area contributed by atoms with Crippen molar-refractivity contribution in [2.45, 2.75) is 0 Å². The number of nitrogens with zero attached hydrogens (tertiary/aromatic N) is 1. The molecule has 0 saturated carbocycles. The van der Waals surface area contributed by atoms with Crippen LogP contribution in [0.4, 0.5) is 11.4 Å². The molecule has 120 valence electrons. The van der Waals surface area contributed by atoms with Crippen molar-refractivity contribution in [3.05, 3.63) is 70.9 Å². The van der Waals surface area contributed by atoms with Gasteiger partial charge in [-0.25, -0.2) is 0 Å². The van der Waals surface area contributed by atoms with Gasteiger partial charge in [0.15, 0.2) is 0 Å². The molecule has 6 nitrogen and oxygen atoms in total. The molecule has 2 aromatic rings. The number of halogens is 1. The SMILES string of the molecule is N#C/C(=C/NC(=O)c1ccccc1N)C(=O)Nc1cccc(Cl)c1. The fraction of sp³-hybridized carbons (Fsp3) is 0. The van der Waals surface area contributed by atoms with Crippen molar-refractivity contribution in [2.24, 2.45) is 0 Å². The van der Waals surface area contributed by atoms with Crippen LogP contribution in [-0.4, -0.2) is 11.8 Å². The van der Waals surface area contributed by atoms with Gasteiger partial charge in [-0.05, 0) is 30.3 Å². The predicted octanol–water partition coefficient (Wildman–Crippen LogP) is 2.70. The highest BCUT2D eigenvalue weighted by molar-refractivity contribution is 6.31. The number of hydrogen-bond acceptors (Lipinski definition) is 4. The van der Waals surface area contributed by atoms with Crippen LogP contribution >= 0.6 is 11.6 Å². The average Bonchev–Trinajstić information content (AvgIpc) is 2.55. The molecule has 0 saturated heterocycles. The van der Waals surface area contributed by atoms with Gasteiger partial charge in [0.25, 0.3) is 11.8 Å². The molecule has 0 spiro atoms. The number of benzene rings is 2. The molecule has 0 unspecified atom stereocenters. The molecule has 2 aromatic carbocycles. The van der Waals surface area contributed by atoms with E-state index in [0.29, 0.717) is 16.4 Å². The number of para-hydroxylation sites is 1. The summed E-state index contributed by atoms with van der Waals surface area (Å²) in [6.45, 7) is 0. The van der Waals surface area contributed by atoms with Crippen LogP contribution in [-0.2, 0) is 4.79 Å². The van der Waals surface area contributed by atoms with E-state index in [4.69, 9.17) is 22.6 Å². The van der Waals surface area contributed by atoms with E-state index in [2.05, 4.69) is 10.6 Å². The Bertz CT molecular complexity index is 856. The van der Waals surface area contributed by atoms with Crippen LogP contribution < -0.4 is 16.4 Å². The van der Waals surface area contributed by atoms with E-state index >= 15 is 0 Å². The number of hydrogen-bond donors (Lipinski definition) is 3. The van der Waals surface area contributed by atoms with Gasteiger partial charge in [-0.3, -0.25) is 9.59 Å². The highest BCUT2D eigenvalue weighted by atomic mass is 35.5. The zero-order valence-electron chi connectivity index (χ0n) is 12.4. The summed E-state index contributed by atoms with van der Waals surface area (Å²) in [5, 5.41) is 14.4. The van der Waals surface area contributed by atoms with Crippen LogP contribution in [0, 0.1) is 11.3 Å². The summed E-state index contributed by atoms with van der Waals surface area (Å²) >= 11 is 5.83. The maximum atomic E-state index is 12.0. The number of nitrogens with one attached hydrogen (secondary N) is 2. The van der Waals surface area contributed by atoms with Gasteiger partial charge in [0.2, 0.25) is 0 Å². The lowest BCUT2D eigenvalue weighted by molar-refractivity contribution is -0.112. The van der Waals surface area contributed by atoms with Crippen molar-refractivity contribution in [2.75, 3.05) is 11.1 Å². The van der Waals surface area contributed by atoms with Crippen molar-refractivity contribution >= 4 is 34.8 Å². The van der Waals surface area contributed by atoms with Gasteiger partial charge in [-0.2, -0.15) is 5.26 Å². The van der Waals surface area contributed by atoms with E-state index in [0.717, 1.165) is 6.20 Å². The van der Waals surface area contributed by atoms with Gasteiger partial charge in [-0.1, -0.05) is 29.8 Å². The number of rotatable bonds is 4. The van der Waals surface area contributed by atoms with E-state index in [9.17, 15) is 9.59 Å². The van der Waals surface area contributed by atoms with Crippen LogP contribution in [0.1, 0.15) is 10.4 Å². The molecule has 24 heavy (non-hydrogen) atoms.